The van der Waals surface area contributed by atoms with Crippen molar-refractivity contribution < 1.29 is 13.2 Å². The zero-order valence-corrected chi connectivity index (χ0v) is 16.3. The molecule has 0 unspecified atom stereocenters. The molecule has 0 amide bonds. The molecule has 0 aliphatic rings. The lowest BCUT2D eigenvalue weighted by molar-refractivity contribution is 0.103. The van der Waals surface area contributed by atoms with E-state index < -0.39 is 26.4 Å². The van der Waals surface area contributed by atoms with E-state index >= 15 is 0 Å². The minimum absolute atomic E-state index is 0.0306. The molecule has 0 aliphatic heterocycles. The number of aromatic amines is 1. The van der Waals surface area contributed by atoms with Crippen molar-refractivity contribution >= 4 is 31.6 Å². The number of aryl methyl sites for hydroxylation is 2. The number of nitrogens with zero attached hydrogens (tertiary/aromatic N) is 1. The molecule has 24 heavy (non-hydrogen) atoms. The number of aromatic nitrogens is 2. The lowest BCUT2D eigenvalue weighted by Crippen LogP contribution is -2.22. The SMILES string of the molecule is Cc1[nH]n(C)c(=O)c1C(=O)c1ccc(Br)cc1CS(=O)(=O)C(C)C. The Morgan fingerprint density at radius 3 is 2.46 bits per heavy atom. The highest BCUT2D eigenvalue weighted by Crippen LogP contribution is 2.23. The summed E-state index contributed by atoms with van der Waals surface area (Å²) in [6, 6.07) is 4.81. The van der Waals surface area contributed by atoms with Crippen molar-refractivity contribution in [2.24, 2.45) is 7.05 Å². The van der Waals surface area contributed by atoms with Gasteiger partial charge < -0.3 is 0 Å². The molecule has 6 nitrogen and oxygen atoms in total. The van der Waals surface area contributed by atoms with Crippen LogP contribution >= 0.6 is 15.9 Å². The van der Waals surface area contributed by atoms with Gasteiger partial charge in [0.25, 0.3) is 5.56 Å². The molecule has 2 aromatic rings. The van der Waals surface area contributed by atoms with Crippen LogP contribution in [0.1, 0.15) is 41.0 Å². The number of hydrogen-bond donors (Lipinski definition) is 1. The van der Waals surface area contributed by atoms with Gasteiger partial charge in [-0.25, -0.2) is 8.42 Å². The van der Waals surface area contributed by atoms with Crippen molar-refractivity contribution in [3.63, 3.8) is 0 Å². The van der Waals surface area contributed by atoms with E-state index in [-0.39, 0.29) is 16.9 Å². The van der Waals surface area contributed by atoms with Gasteiger partial charge in [-0.3, -0.25) is 19.4 Å². The highest BCUT2D eigenvalue weighted by molar-refractivity contribution is 9.10. The molecule has 130 valence electrons. The second kappa shape index (κ2) is 6.68. The lowest BCUT2D eigenvalue weighted by Gasteiger charge is -2.12. The van der Waals surface area contributed by atoms with Crippen LogP contribution in [0, 0.1) is 6.92 Å². The molecule has 0 atom stereocenters. The van der Waals surface area contributed by atoms with Gasteiger partial charge in [0.05, 0.1) is 11.0 Å². The topological polar surface area (TPSA) is 89.0 Å². The Balaban J connectivity index is 2.59. The Morgan fingerprint density at radius 2 is 1.96 bits per heavy atom. The number of ketones is 1. The molecule has 0 saturated heterocycles. The first-order valence-electron chi connectivity index (χ1n) is 7.35. The molecule has 0 aliphatic carbocycles. The van der Waals surface area contributed by atoms with Gasteiger partial charge >= 0.3 is 0 Å². The predicted octanol–water partition coefficient (Wildman–Crippen LogP) is 2.34. The summed E-state index contributed by atoms with van der Waals surface area (Å²) in [5.41, 5.74) is 0.655. The molecule has 2 rings (SSSR count). The number of halogens is 1. The van der Waals surface area contributed by atoms with Crippen LogP contribution in [-0.4, -0.2) is 29.2 Å². The first kappa shape index (κ1) is 18.7. The maximum Gasteiger partial charge on any atom is 0.277 e. The number of benzene rings is 1. The van der Waals surface area contributed by atoms with Crippen LogP contribution in [0.25, 0.3) is 0 Å². The van der Waals surface area contributed by atoms with Crippen molar-refractivity contribution in [1.29, 1.82) is 0 Å². The Bertz CT molecular complexity index is 955. The molecule has 0 radical (unpaired) electrons. The zero-order chi connectivity index (χ0) is 18.2. The summed E-state index contributed by atoms with van der Waals surface area (Å²) in [5.74, 6) is -0.731. The first-order valence-corrected chi connectivity index (χ1v) is 9.85. The third kappa shape index (κ3) is 3.54. The summed E-state index contributed by atoms with van der Waals surface area (Å²) in [6.07, 6.45) is 0. The highest BCUT2D eigenvalue weighted by Gasteiger charge is 2.25. The Hall–Kier alpha value is -1.67. The van der Waals surface area contributed by atoms with Gasteiger partial charge in [-0.1, -0.05) is 15.9 Å². The molecule has 0 bridgehead atoms. The smallest absolute Gasteiger partial charge is 0.277 e. The Morgan fingerprint density at radius 1 is 1.33 bits per heavy atom. The maximum atomic E-state index is 12.8. The molecular weight excluding hydrogens is 396 g/mol. The van der Waals surface area contributed by atoms with Gasteiger partial charge in [0.15, 0.2) is 9.84 Å². The number of H-pyrrole nitrogens is 1. The average Bonchev–Trinajstić information content (AvgIpc) is 2.71. The first-order chi connectivity index (χ1) is 11.0. The fourth-order valence-electron chi connectivity index (χ4n) is 2.38. The number of hydrogen-bond acceptors (Lipinski definition) is 4. The Labute approximate surface area is 148 Å². The largest absolute Gasteiger partial charge is 0.299 e. The molecule has 1 N–H and O–H groups in total. The summed E-state index contributed by atoms with van der Waals surface area (Å²) in [7, 11) is -1.86. The van der Waals surface area contributed by atoms with E-state index in [1.54, 1.807) is 39.0 Å². The van der Waals surface area contributed by atoms with Crippen molar-refractivity contribution in [3.05, 3.63) is 55.4 Å². The van der Waals surface area contributed by atoms with Crippen molar-refractivity contribution in [3.8, 4) is 0 Å². The highest BCUT2D eigenvalue weighted by atomic mass is 79.9. The van der Waals surface area contributed by atoms with Gasteiger partial charge in [0.1, 0.15) is 5.56 Å². The number of nitrogens with one attached hydrogen (secondary N) is 1. The number of sulfone groups is 1. The second-order valence-electron chi connectivity index (χ2n) is 5.96. The molecular formula is C16H19BrN2O4S. The van der Waals surface area contributed by atoms with Crippen molar-refractivity contribution in [2.45, 2.75) is 31.8 Å². The number of rotatable bonds is 5. The molecule has 1 aromatic heterocycles. The molecule has 0 spiro atoms. The summed E-state index contributed by atoms with van der Waals surface area (Å²) < 4.78 is 26.4. The summed E-state index contributed by atoms with van der Waals surface area (Å²) >= 11 is 3.30. The summed E-state index contributed by atoms with van der Waals surface area (Å²) in [6.45, 7) is 4.83. The molecule has 8 heteroatoms. The summed E-state index contributed by atoms with van der Waals surface area (Å²) in [4.78, 5) is 25.0. The van der Waals surface area contributed by atoms with E-state index in [4.69, 9.17) is 0 Å². The van der Waals surface area contributed by atoms with Crippen LogP contribution < -0.4 is 5.56 Å². The normalized spacial score (nSPS) is 11.9. The van der Waals surface area contributed by atoms with E-state index in [1.165, 1.54) is 11.7 Å². The van der Waals surface area contributed by atoms with Crippen LogP contribution in [0.2, 0.25) is 0 Å². The standard InChI is InChI=1S/C16H19BrN2O4S/c1-9(2)24(22,23)8-11-7-12(17)5-6-13(11)15(20)14-10(3)18-19(4)16(14)21/h5-7,9,18H,8H2,1-4H3. The van der Waals surface area contributed by atoms with Gasteiger partial charge in [-0.2, -0.15) is 0 Å². The average molecular weight is 415 g/mol. The van der Waals surface area contributed by atoms with E-state index in [1.807, 2.05) is 0 Å². The predicted molar refractivity (Wildman–Crippen MR) is 96.1 cm³/mol. The maximum absolute atomic E-state index is 12.8. The van der Waals surface area contributed by atoms with Crippen molar-refractivity contribution in [1.82, 2.24) is 9.78 Å². The van der Waals surface area contributed by atoms with Gasteiger partial charge in [0.2, 0.25) is 5.78 Å². The molecule has 1 heterocycles. The summed E-state index contributed by atoms with van der Waals surface area (Å²) in [5, 5.41) is 2.23. The van der Waals surface area contributed by atoms with Gasteiger partial charge in [-0.15, -0.1) is 0 Å². The molecule has 0 saturated carbocycles. The monoisotopic (exact) mass is 414 g/mol. The second-order valence-corrected chi connectivity index (χ2v) is 9.44. The molecule has 0 fully saturated rings. The van der Waals surface area contributed by atoms with Gasteiger partial charge in [0, 0.05) is 22.8 Å². The molecule has 1 aromatic carbocycles. The van der Waals surface area contributed by atoms with E-state index in [0.717, 1.165) is 0 Å². The fourth-order valence-corrected chi connectivity index (χ4v) is 3.79. The third-order valence-electron chi connectivity index (χ3n) is 3.84. The van der Waals surface area contributed by atoms with E-state index in [9.17, 15) is 18.0 Å². The van der Waals surface area contributed by atoms with Crippen LogP contribution in [0.15, 0.2) is 27.5 Å². The van der Waals surface area contributed by atoms with Crippen LogP contribution in [-0.2, 0) is 22.6 Å². The van der Waals surface area contributed by atoms with E-state index in [0.29, 0.717) is 15.7 Å². The van der Waals surface area contributed by atoms with E-state index in [2.05, 4.69) is 21.0 Å². The van der Waals surface area contributed by atoms with Crippen LogP contribution in [0.3, 0.4) is 0 Å². The van der Waals surface area contributed by atoms with Crippen molar-refractivity contribution in [2.75, 3.05) is 0 Å². The zero-order valence-electron chi connectivity index (χ0n) is 13.9. The third-order valence-corrected chi connectivity index (χ3v) is 6.49. The number of carbonyl (C=O) groups excluding carboxylic acids is 1. The fraction of sp³-hybridized carbons (Fsp3) is 0.375. The number of carbonyl (C=O) groups is 1. The minimum Gasteiger partial charge on any atom is -0.299 e. The van der Waals surface area contributed by atoms with Crippen LogP contribution in [0.5, 0.6) is 0 Å². The lowest BCUT2D eigenvalue weighted by atomic mass is 9.99. The quantitative estimate of drug-likeness (QED) is 0.760. The Kier molecular flexibility index (Phi) is 5.19. The van der Waals surface area contributed by atoms with Crippen LogP contribution in [0.4, 0.5) is 0 Å². The minimum atomic E-state index is -3.39. The van der Waals surface area contributed by atoms with Gasteiger partial charge in [-0.05, 0) is 44.5 Å².